The van der Waals surface area contributed by atoms with Crippen molar-refractivity contribution < 1.29 is 52.2 Å². The quantitative estimate of drug-likeness (QED) is 0.0594. The van der Waals surface area contributed by atoms with E-state index in [4.69, 9.17) is 9.15 Å². The number of nitrogens with one attached hydrogen (secondary N) is 6. The van der Waals surface area contributed by atoms with Crippen molar-refractivity contribution in [1.82, 2.24) is 36.8 Å². The Hall–Kier alpha value is -5.85. The molecule has 57 heavy (non-hydrogen) atoms. The molecule has 3 fully saturated rings. The van der Waals surface area contributed by atoms with E-state index in [1.807, 2.05) is 0 Å². The Morgan fingerprint density at radius 2 is 1.89 bits per heavy atom. The summed E-state index contributed by atoms with van der Waals surface area (Å²) in [6, 6.07) is 6.84. The number of fused-ring (bicyclic) bond motifs is 3. The second kappa shape index (κ2) is 16.3. The van der Waals surface area contributed by atoms with Gasteiger partial charge in [-0.2, -0.15) is 11.8 Å². The maximum Gasteiger partial charge on any atom is 0.326 e. The highest BCUT2D eigenvalue weighted by Gasteiger charge is 2.53. The Morgan fingerprint density at radius 1 is 1.07 bits per heavy atom. The van der Waals surface area contributed by atoms with Crippen molar-refractivity contribution in [3.05, 3.63) is 64.7 Å². The number of carbonyl (C=O) groups is 7. The largest absolute Gasteiger partial charge is 0.497 e. The number of furan rings is 1. The number of carboxylic acids is 1. The monoisotopic (exact) mass is 807 g/mol. The molecular formula is C38H42FN7O10S. The number of benzene rings is 2. The van der Waals surface area contributed by atoms with E-state index in [9.17, 15) is 38.7 Å². The molecule has 0 saturated carbocycles. The smallest absolute Gasteiger partial charge is 0.326 e. The normalized spacial score (nSPS) is 22.7. The molecule has 302 valence electrons. The van der Waals surface area contributed by atoms with Gasteiger partial charge in [0.2, 0.25) is 5.91 Å². The average molecular weight is 808 g/mol. The van der Waals surface area contributed by atoms with E-state index < -0.39 is 41.2 Å². The number of unbranched alkanes of at least 4 members (excludes halogenated alkanes) is 2. The highest BCUT2D eigenvalue weighted by molar-refractivity contribution is 8.00. The lowest BCUT2D eigenvalue weighted by Gasteiger charge is -2.29. The molecule has 0 bridgehead atoms. The Kier molecular flexibility index (Phi) is 11.3. The van der Waals surface area contributed by atoms with Gasteiger partial charge in [0, 0.05) is 47.5 Å². The van der Waals surface area contributed by atoms with E-state index in [0.717, 1.165) is 24.7 Å². The summed E-state index contributed by atoms with van der Waals surface area (Å²) in [7, 11) is 1.47. The molecule has 1 aromatic heterocycles. The standard InChI is InChI=1S/C38H42FN7O10S/c1-55-21-10-9-19-16-46(33(49)22(19)14-21)18-38(35(52)44-37(54)45-38)29-13-20-12-23(24(39)15-27(20)56-29)32(48)40-11-5-4-6-25(34(50)51)41-30(47)8-3-2-7-28-31-26(17-57-28)42-36(53)43-31/h9-10,12-15,25-26,28,31H,2-8,11,16-18H2,1H3,(H,40,48)(H,41,47)(H,50,51)(H2,42,43,53)(H2,44,45,52,54). The zero-order valence-corrected chi connectivity index (χ0v) is 31.7. The van der Waals surface area contributed by atoms with Crippen LogP contribution in [0.2, 0.25) is 0 Å². The number of hydrogen-bond donors (Lipinski definition) is 7. The lowest BCUT2D eigenvalue weighted by Crippen LogP contribution is -2.52. The molecule has 2 aromatic carbocycles. The number of urea groups is 2. The van der Waals surface area contributed by atoms with Gasteiger partial charge in [-0.15, -0.1) is 0 Å². The topological polar surface area (TPSA) is 238 Å². The zero-order chi connectivity index (χ0) is 40.4. The number of carbonyl (C=O) groups excluding carboxylic acids is 6. The molecule has 8 amide bonds. The van der Waals surface area contributed by atoms with Crippen LogP contribution in [0.25, 0.3) is 11.0 Å². The minimum Gasteiger partial charge on any atom is -0.497 e. The number of ether oxygens (including phenoxy) is 1. The van der Waals surface area contributed by atoms with Gasteiger partial charge >= 0.3 is 18.0 Å². The lowest BCUT2D eigenvalue weighted by atomic mass is 9.95. The SMILES string of the molecule is COc1ccc2c(c1)C(=O)N(CC1(c3cc4cc(C(=O)NCCCCC(NC(=O)CCCCC5SCC6NC(=O)NC65)C(=O)O)c(F)cc4o3)NC(=O)NC1=O)C2. The molecule has 5 atom stereocenters. The van der Waals surface area contributed by atoms with Crippen LogP contribution >= 0.6 is 11.8 Å². The maximum atomic E-state index is 15.3. The van der Waals surface area contributed by atoms with Crippen LogP contribution in [-0.4, -0.2) is 101 Å². The number of halogens is 1. The van der Waals surface area contributed by atoms with Crippen molar-refractivity contribution in [3.63, 3.8) is 0 Å². The lowest BCUT2D eigenvalue weighted by molar-refractivity contribution is -0.142. The van der Waals surface area contributed by atoms with Gasteiger partial charge in [-0.25, -0.2) is 18.8 Å². The Morgan fingerprint density at radius 3 is 2.65 bits per heavy atom. The number of aliphatic carboxylic acids is 1. The molecular weight excluding hydrogens is 766 g/mol. The van der Waals surface area contributed by atoms with Gasteiger partial charge < -0.3 is 45.7 Å². The summed E-state index contributed by atoms with van der Waals surface area (Å²) in [5.41, 5.74) is -1.07. The van der Waals surface area contributed by atoms with Crippen LogP contribution in [-0.2, 0) is 26.5 Å². The van der Waals surface area contributed by atoms with E-state index in [1.165, 1.54) is 24.1 Å². The van der Waals surface area contributed by atoms with Gasteiger partial charge in [0.05, 0.1) is 31.3 Å². The predicted octanol–water partition coefficient (Wildman–Crippen LogP) is 2.47. The summed E-state index contributed by atoms with van der Waals surface area (Å²) >= 11 is 1.79. The van der Waals surface area contributed by atoms with E-state index >= 15 is 4.39 Å². The number of rotatable bonds is 17. The number of methoxy groups -OCH3 is 1. The fraction of sp³-hybridized carbons (Fsp3) is 0.447. The molecule has 17 nitrogen and oxygen atoms in total. The van der Waals surface area contributed by atoms with E-state index in [0.29, 0.717) is 36.1 Å². The molecule has 7 N–H and O–H groups in total. The summed E-state index contributed by atoms with van der Waals surface area (Å²) in [5.74, 6) is -3.09. The van der Waals surface area contributed by atoms with E-state index in [-0.39, 0.29) is 89.9 Å². The first-order valence-electron chi connectivity index (χ1n) is 18.7. The summed E-state index contributed by atoms with van der Waals surface area (Å²) in [5, 5.41) is 26.0. The summed E-state index contributed by atoms with van der Waals surface area (Å²) < 4.78 is 26.4. The molecule has 19 heteroatoms. The summed E-state index contributed by atoms with van der Waals surface area (Å²) in [6.45, 7) is -0.0567. The Bertz CT molecular complexity index is 2150. The molecule has 5 heterocycles. The van der Waals surface area contributed by atoms with Gasteiger partial charge in [0.25, 0.3) is 17.7 Å². The van der Waals surface area contributed by atoms with Crippen molar-refractivity contribution in [1.29, 1.82) is 0 Å². The van der Waals surface area contributed by atoms with Crippen molar-refractivity contribution in [3.8, 4) is 5.75 Å². The van der Waals surface area contributed by atoms with Gasteiger partial charge in [-0.05, 0) is 61.9 Å². The van der Waals surface area contributed by atoms with Crippen LogP contribution < -0.4 is 36.6 Å². The summed E-state index contributed by atoms with van der Waals surface area (Å²) in [6.07, 6.45) is 3.18. The maximum absolute atomic E-state index is 15.3. The Balaban J connectivity index is 0.903. The van der Waals surface area contributed by atoms with Crippen molar-refractivity contribution >= 4 is 64.4 Å². The molecule has 5 unspecified atom stereocenters. The predicted molar refractivity (Wildman–Crippen MR) is 202 cm³/mol. The summed E-state index contributed by atoms with van der Waals surface area (Å²) in [4.78, 5) is 89.4. The molecule has 7 rings (SSSR count). The van der Waals surface area contributed by atoms with Gasteiger partial charge in [-0.3, -0.25) is 24.5 Å². The first-order chi connectivity index (χ1) is 27.3. The number of amides is 8. The average Bonchev–Trinajstić information content (AvgIpc) is 3.98. The molecule has 3 saturated heterocycles. The first kappa shape index (κ1) is 39.4. The Labute approximate surface area is 329 Å². The van der Waals surface area contributed by atoms with Crippen LogP contribution in [0.15, 0.2) is 40.8 Å². The van der Waals surface area contributed by atoms with Crippen molar-refractivity contribution in [2.45, 2.75) is 80.4 Å². The second-order valence-corrected chi connectivity index (χ2v) is 15.8. The minimum absolute atomic E-state index is 0.00234. The highest BCUT2D eigenvalue weighted by Crippen LogP contribution is 2.36. The third kappa shape index (κ3) is 8.19. The highest BCUT2D eigenvalue weighted by atomic mass is 32.2. The third-order valence-corrected chi connectivity index (χ3v) is 12.3. The van der Waals surface area contributed by atoms with Crippen LogP contribution in [0, 0.1) is 5.82 Å². The molecule has 0 spiro atoms. The zero-order valence-electron chi connectivity index (χ0n) is 30.9. The first-order valence-corrected chi connectivity index (χ1v) is 19.7. The second-order valence-electron chi connectivity index (χ2n) is 14.6. The van der Waals surface area contributed by atoms with Gasteiger partial charge in [0.15, 0.2) is 5.54 Å². The molecule has 3 aromatic rings. The van der Waals surface area contributed by atoms with Crippen LogP contribution in [0.3, 0.4) is 0 Å². The number of nitrogens with zero attached hydrogens (tertiary/aromatic N) is 1. The van der Waals surface area contributed by atoms with Crippen molar-refractivity contribution in [2.75, 3.05) is 26.0 Å². The van der Waals surface area contributed by atoms with Crippen LogP contribution in [0.4, 0.5) is 14.0 Å². The van der Waals surface area contributed by atoms with Crippen LogP contribution in [0.5, 0.6) is 5.75 Å². The number of hydrogen-bond acceptors (Lipinski definition) is 10. The molecule has 4 aliphatic heterocycles. The molecule has 0 radical (unpaired) electrons. The third-order valence-electron chi connectivity index (χ3n) is 10.8. The van der Waals surface area contributed by atoms with Gasteiger partial charge in [0.1, 0.15) is 29.0 Å². The van der Waals surface area contributed by atoms with Crippen LogP contribution in [0.1, 0.15) is 77.0 Å². The minimum atomic E-state index is -1.85. The molecule has 4 aliphatic rings. The van der Waals surface area contributed by atoms with E-state index in [2.05, 4.69) is 31.9 Å². The number of carboxylic acid groups (broad SMARTS) is 1. The fourth-order valence-corrected chi connectivity index (χ4v) is 9.29. The fourth-order valence-electron chi connectivity index (χ4n) is 7.75. The van der Waals surface area contributed by atoms with Gasteiger partial charge in [-0.1, -0.05) is 12.5 Å². The number of imide groups is 1. The van der Waals surface area contributed by atoms with E-state index in [1.54, 1.807) is 30.0 Å². The molecule has 0 aliphatic carbocycles. The van der Waals surface area contributed by atoms with Crippen molar-refractivity contribution in [2.24, 2.45) is 0 Å². The number of thioether (sulfide) groups is 1.